The predicted octanol–water partition coefficient (Wildman–Crippen LogP) is 3.33. The Bertz CT molecular complexity index is 379. The van der Waals surface area contributed by atoms with Crippen molar-refractivity contribution < 1.29 is 9.90 Å². The molecule has 0 aliphatic carbocycles. The van der Waals surface area contributed by atoms with E-state index in [1.807, 2.05) is 12.1 Å². The van der Waals surface area contributed by atoms with E-state index >= 15 is 0 Å². The molecule has 0 heterocycles. The molecule has 1 aromatic carbocycles. The lowest BCUT2D eigenvalue weighted by Gasteiger charge is -2.00. The molecule has 0 atom stereocenters. The monoisotopic (exact) mass is 236 g/mol. The first-order chi connectivity index (χ1) is 7.59. The van der Waals surface area contributed by atoms with Crippen molar-refractivity contribution in [1.82, 2.24) is 0 Å². The summed E-state index contributed by atoms with van der Waals surface area (Å²) >= 11 is 4.22. The molecule has 0 amide bonds. The van der Waals surface area contributed by atoms with Crippen LogP contribution >= 0.6 is 12.6 Å². The number of hydrogen-bond acceptors (Lipinski definition) is 2. The zero-order valence-electron chi connectivity index (χ0n) is 9.31. The van der Waals surface area contributed by atoms with Crippen molar-refractivity contribution in [2.45, 2.75) is 31.1 Å². The molecule has 16 heavy (non-hydrogen) atoms. The number of aryl methyl sites for hydroxylation is 1. The van der Waals surface area contributed by atoms with Crippen LogP contribution in [0, 0.1) is 0 Å². The van der Waals surface area contributed by atoms with Crippen molar-refractivity contribution >= 4 is 18.6 Å². The molecule has 1 aromatic rings. The van der Waals surface area contributed by atoms with Gasteiger partial charge in [-0.25, -0.2) is 4.79 Å². The van der Waals surface area contributed by atoms with E-state index in [9.17, 15) is 4.79 Å². The number of hydrogen-bond donors (Lipinski definition) is 2. The molecule has 0 aliphatic rings. The molecular weight excluding hydrogens is 220 g/mol. The summed E-state index contributed by atoms with van der Waals surface area (Å²) in [4.78, 5) is 11.5. The smallest absolute Gasteiger partial charge is 0.330 e. The van der Waals surface area contributed by atoms with Gasteiger partial charge >= 0.3 is 5.97 Å². The molecule has 0 fully saturated rings. The minimum atomic E-state index is -0.834. The molecule has 0 spiro atoms. The van der Waals surface area contributed by atoms with E-state index < -0.39 is 5.97 Å². The maximum absolute atomic E-state index is 10.5. The van der Waals surface area contributed by atoms with Gasteiger partial charge in [0.15, 0.2) is 0 Å². The molecule has 0 unspecified atom stereocenters. The first-order valence-corrected chi connectivity index (χ1v) is 5.72. The molecule has 1 N–H and O–H groups in total. The van der Waals surface area contributed by atoms with Crippen LogP contribution in [0.2, 0.25) is 0 Å². The summed E-state index contributed by atoms with van der Waals surface area (Å²) < 4.78 is 0. The molecule has 2 nitrogen and oxygen atoms in total. The van der Waals surface area contributed by atoms with E-state index in [0.717, 1.165) is 24.2 Å². The Morgan fingerprint density at radius 1 is 1.38 bits per heavy atom. The van der Waals surface area contributed by atoms with Crippen molar-refractivity contribution in [3.63, 3.8) is 0 Å². The van der Waals surface area contributed by atoms with Crippen LogP contribution in [0.3, 0.4) is 0 Å². The summed E-state index contributed by atoms with van der Waals surface area (Å²) in [5, 5.41) is 8.65. The highest BCUT2D eigenvalue weighted by atomic mass is 32.1. The third-order valence-corrected chi connectivity index (χ3v) is 2.69. The van der Waals surface area contributed by atoms with Crippen molar-refractivity contribution in [2.75, 3.05) is 0 Å². The van der Waals surface area contributed by atoms with Crippen molar-refractivity contribution in [3.05, 3.63) is 41.5 Å². The largest absolute Gasteiger partial charge is 0.478 e. The van der Waals surface area contributed by atoms with Gasteiger partial charge in [0.25, 0.3) is 0 Å². The topological polar surface area (TPSA) is 37.3 Å². The number of thiol groups is 1. The Kier molecular flexibility index (Phi) is 5.12. The molecule has 0 radical (unpaired) electrons. The second-order valence-corrected chi connectivity index (χ2v) is 4.27. The molecule has 0 bridgehead atoms. The normalized spacial score (nSPS) is 11.5. The van der Waals surface area contributed by atoms with E-state index in [1.54, 1.807) is 13.0 Å². The summed E-state index contributed by atoms with van der Waals surface area (Å²) in [6, 6.07) is 8.04. The molecule has 0 aliphatic heterocycles. The highest BCUT2D eigenvalue weighted by Crippen LogP contribution is 2.11. The van der Waals surface area contributed by atoms with E-state index in [2.05, 4.69) is 24.8 Å². The number of carboxylic acid groups (broad SMARTS) is 1. The number of benzene rings is 1. The van der Waals surface area contributed by atoms with Gasteiger partial charge in [0, 0.05) is 10.5 Å². The summed E-state index contributed by atoms with van der Waals surface area (Å²) in [5.74, 6) is -0.834. The van der Waals surface area contributed by atoms with Gasteiger partial charge in [-0.15, -0.1) is 12.6 Å². The molecule has 86 valence electrons. The fourth-order valence-electron chi connectivity index (χ4n) is 1.37. The predicted molar refractivity (Wildman–Crippen MR) is 68.0 cm³/mol. The molecule has 0 aromatic heterocycles. The van der Waals surface area contributed by atoms with Crippen LogP contribution in [0.5, 0.6) is 0 Å². The van der Waals surface area contributed by atoms with Crippen LogP contribution in [-0.4, -0.2) is 11.1 Å². The van der Waals surface area contributed by atoms with E-state index in [0.29, 0.717) is 5.57 Å². The Hall–Kier alpha value is -1.22. The average molecular weight is 236 g/mol. The number of carboxylic acids is 1. The lowest BCUT2D eigenvalue weighted by molar-refractivity contribution is -0.132. The van der Waals surface area contributed by atoms with Crippen molar-refractivity contribution in [1.29, 1.82) is 0 Å². The number of aliphatic carboxylic acids is 1. The lowest BCUT2D eigenvalue weighted by atomic mass is 10.1. The highest BCUT2D eigenvalue weighted by molar-refractivity contribution is 7.80. The quantitative estimate of drug-likeness (QED) is 0.467. The van der Waals surface area contributed by atoms with Gasteiger partial charge in [-0.05, 0) is 43.9 Å². The Morgan fingerprint density at radius 3 is 2.56 bits per heavy atom. The minimum absolute atomic E-state index is 0.422. The molecule has 0 saturated heterocycles. The molecule has 1 rings (SSSR count). The van der Waals surface area contributed by atoms with Crippen molar-refractivity contribution in [2.24, 2.45) is 0 Å². The third-order valence-electron chi connectivity index (χ3n) is 2.39. The third kappa shape index (κ3) is 4.53. The second-order valence-electron chi connectivity index (χ2n) is 3.75. The highest BCUT2D eigenvalue weighted by Gasteiger charge is 1.98. The minimum Gasteiger partial charge on any atom is -0.478 e. The second kappa shape index (κ2) is 6.38. The lowest BCUT2D eigenvalue weighted by Crippen LogP contribution is -1.95. The fraction of sp³-hybridized carbons (Fsp3) is 0.308. The average Bonchev–Trinajstić information content (AvgIpc) is 2.26. The zero-order chi connectivity index (χ0) is 12.0. The van der Waals surface area contributed by atoms with Crippen LogP contribution in [0.15, 0.2) is 40.8 Å². The van der Waals surface area contributed by atoms with Gasteiger partial charge in [-0.1, -0.05) is 18.2 Å². The van der Waals surface area contributed by atoms with Crippen LogP contribution in [0.25, 0.3) is 0 Å². The first-order valence-electron chi connectivity index (χ1n) is 5.27. The van der Waals surface area contributed by atoms with Crippen LogP contribution < -0.4 is 0 Å². The van der Waals surface area contributed by atoms with Gasteiger partial charge in [0.05, 0.1) is 0 Å². The van der Waals surface area contributed by atoms with E-state index in [1.165, 1.54) is 5.56 Å². The number of unbranched alkanes of at least 4 members (excludes halogenated alkanes) is 1. The van der Waals surface area contributed by atoms with Crippen molar-refractivity contribution in [3.8, 4) is 0 Å². The number of rotatable bonds is 5. The maximum atomic E-state index is 10.5. The molecule has 0 saturated carbocycles. The van der Waals surface area contributed by atoms with Gasteiger partial charge in [0.1, 0.15) is 0 Å². The van der Waals surface area contributed by atoms with Gasteiger partial charge < -0.3 is 5.11 Å². The number of carbonyl (C=O) groups is 1. The van der Waals surface area contributed by atoms with Crippen LogP contribution in [0.1, 0.15) is 25.3 Å². The Labute approximate surface area is 101 Å². The summed E-state index contributed by atoms with van der Waals surface area (Å²) in [7, 11) is 0. The summed E-state index contributed by atoms with van der Waals surface area (Å²) in [5.41, 5.74) is 1.69. The van der Waals surface area contributed by atoms with E-state index in [4.69, 9.17) is 5.11 Å². The first kappa shape index (κ1) is 12.8. The summed E-state index contributed by atoms with van der Waals surface area (Å²) in [6.45, 7) is 1.62. The van der Waals surface area contributed by atoms with Crippen LogP contribution in [0.4, 0.5) is 0 Å². The standard InChI is InChI=1S/C13H16O2S/c1-10(13(14)15)4-2-3-5-11-6-8-12(16)9-7-11/h4,6-9,16H,2-3,5H2,1H3,(H,14,15)/b10-4+. The van der Waals surface area contributed by atoms with Crippen LogP contribution in [-0.2, 0) is 11.2 Å². The summed E-state index contributed by atoms with van der Waals surface area (Å²) in [6.07, 6.45) is 4.52. The fourth-order valence-corrected chi connectivity index (χ4v) is 1.52. The van der Waals surface area contributed by atoms with E-state index in [-0.39, 0.29) is 0 Å². The number of allylic oxidation sites excluding steroid dienone is 1. The Balaban J connectivity index is 2.34. The molecule has 3 heteroatoms. The zero-order valence-corrected chi connectivity index (χ0v) is 10.2. The van der Waals surface area contributed by atoms with Gasteiger partial charge in [-0.2, -0.15) is 0 Å². The maximum Gasteiger partial charge on any atom is 0.330 e. The van der Waals surface area contributed by atoms with Gasteiger partial charge in [-0.3, -0.25) is 0 Å². The molecular formula is C13H16O2S. The van der Waals surface area contributed by atoms with Gasteiger partial charge in [0.2, 0.25) is 0 Å². The SMILES string of the molecule is C/C(=C\CCCc1ccc(S)cc1)C(=O)O. The Morgan fingerprint density at radius 2 is 2.00 bits per heavy atom.